The molecule has 4 rings (SSSR count). The van der Waals surface area contributed by atoms with E-state index in [1.54, 1.807) is 12.1 Å². The number of nitrogens with one attached hydrogen (secondary N) is 2. The number of likely N-dealkylation sites (tertiary alicyclic amines) is 1. The summed E-state index contributed by atoms with van der Waals surface area (Å²) in [5.74, 6) is -0.960. The molecule has 3 atom stereocenters. The highest BCUT2D eigenvalue weighted by atomic mass is 16.4. The van der Waals surface area contributed by atoms with Crippen molar-refractivity contribution in [3.63, 3.8) is 0 Å². The van der Waals surface area contributed by atoms with E-state index >= 15 is 0 Å². The summed E-state index contributed by atoms with van der Waals surface area (Å²) in [6.07, 6.45) is 1.92. The number of carboxylic acids is 1. The normalized spacial score (nSPS) is 23.4. The van der Waals surface area contributed by atoms with Crippen LogP contribution in [0, 0.1) is 0 Å². The summed E-state index contributed by atoms with van der Waals surface area (Å²) in [4.78, 5) is 40.9. The Bertz CT molecular complexity index is 995. The van der Waals surface area contributed by atoms with Gasteiger partial charge < -0.3 is 15.7 Å². The van der Waals surface area contributed by atoms with E-state index in [-0.39, 0.29) is 35.5 Å². The summed E-state index contributed by atoms with van der Waals surface area (Å²) >= 11 is 0. The number of nitrogens with zero attached hydrogens (tertiary/aromatic N) is 2. The molecular formula is C25H30N4O4. The van der Waals surface area contributed by atoms with Gasteiger partial charge in [0.1, 0.15) is 6.04 Å². The van der Waals surface area contributed by atoms with Gasteiger partial charge in [-0.3, -0.25) is 19.4 Å². The maximum atomic E-state index is 13.0. The summed E-state index contributed by atoms with van der Waals surface area (Å²) < 4.78 is 0. The van der Waals surface area contributed by atoms with E-state index in [1.807, 2.05) is 49.5 Å². The number of para-hydroxylation sites is 1. The summed E-state index contributed by atoms with van der Waals surface area (Å²) in [6.45, 7) is 1.89. The first kappa shape index (κ1) is 22.9. The molecular weight excluding hydrogens is 420 g/mol. The van der Waals surface area contributed by atoms with Crippen LogP contribution in [-0.4, -0.2) is 71.0 Å². The van der Waals surface area contributed by atoms with Crippen molar-refractivity contribution in [3.8, 4) is 0 Å². The van der Waals surface area contributed by atoms with Gasteiger partial charge in [-0.15, -0.1) is 0 Å². The Morgan fingerprint density at radius 2 is 1.85 bits per heavy atom. The number of carbonyl (C=O) groups is 3. The average molecular weight is 451 g/mol. The van der Waals surface area contributed by atoms with Crippen molar-refractivity contribution in [1.29, 1.82) is 0 Å². The predicted molar refractivity (Wildman–Crippen MR) is 125 cm³/mol. The van der Waals surface area contributed by atoms with Crippen LogP contribution in [0.2, 0.25) is 0 Å². The Hall–Kier alpha value is -3.23. The Kier molecular flexibility index (Phi) is 7.05. The monoisotopic (exact) mass is 450 g/mol. The molecule has 2 aliphatic heterocycles. The van der Waals surface area contributed by atoms with Crippen LogP contribution in [0.1, 0.15) is 35.2 Å². The van der Waals surface area contributed by atoms with Crippen LogP contribution in [-0.2, 0) is 16.1 Å². The third-order valence-electron chi connectivity index (χ3n) is 6.70. The molecule has 174 valence electrons. The number of hydrogen-bond acceptors (Lipinski definition) is 5. The zero-order valence-electron chi connectivity index (χ0n) is 18.7. The Labute approximate surface area is 193 Å². The lowest BCUT2D eigenvalue weighted by Crippen LogP contribution is -2.49. The molecule has 2 heterocycles. The summed E-state index contributed by atoms with van der Waals surface area (Å²) in [5.41, 5.74) is 2.02. The van der Waals surface area contributed by atoms with Crippen LogP contribution in [0.3, 0.4) is 0 Å². The summed E-state index contributed by atoms with van der Waals surface area (Å²) in [6, 6.07) is 16.1. The number of benzene rings is 2. The molecule has 0 bridgehead atoms. The second-order valence-electron chi connectivity index (χ2n) is 8.79. The smallest absolute Gasteiger partial charge is 0.335 e. The van der Waals surface area contributed by atoms with Crippen molar-refractivity contribution in [3.05, 3.63) is 65.7 Å². The van der Waals surface area contributed by atoms with Gasteiger partial charge in [-0.25, -0.2) is 4.79 Å². The highest BCUT2D eigenvalue weighted by molar-refractivity contribution is 5.90. The molecule has 33 heavy (non-hydrogen) atoms. The van der Waals surface area contributed by atoms with E-state index in [0.717, 1.165) is 24.2 Å². The van der Waals surface area contributed by atoms with Gasteiger partial charge in [0.15, 0.2) is 0 Å². The first-order valence-corrected chi connectivity index (χ1v) is 11.3. The molecule has 2 amide bonds. The van der Waals surface area contributed by atoms with Gasteiger partial charge >= 0.3 is 5.97 Å². The molecule has 0 aliphatic carbocycles. The largest absolute Gasteiger partial charge is 0.478 e. The van der Waals surface area contributed by atoms with Gasteiger partial charge in [0.2, 0.25) is 11.8 Å². The number of carbonyl (C=O) groups excluding carboxylic acids is 2. The van der Waals surface area contributed by atoms with Gasteiger partial charge in [-0.1, -0.05) is 30.3 Å². The SMILES string of the molecule is CN1[C@@H](CCC(=O)Nc2ccccc2)CNC(=O)[C@@H]2[C@@H]1CCN2Cc1ccc(C(=O)O)cc1. The topological polar surface area (TPSA) is 102 Å². The minimum atomic E-state index is -0.948. The number of carboxylic acid groups (broad SMARTS) is 1. The maximum absolute atomic E-state index is 13.0. The number of anilines is 1. The molecule has 8 nitrogen and oxygen atoms in total. The lowest BCUT2D eigenvalue weighted by atomic mass is 10.0. The summed E-state index contributed by atoms with van der Waals surface area (Å²) in [5, 5.41) is 15.1. The lowest BCUT2D eigenvalue weighted by molar-refractivity contribution is -0.126. The predicted octanol–water partition coefficient (Wildman–Crippen LogP) is 2.18. The zero-order chi connectivity index (χ0) is 23.4. The number of aromatic carboxylic acids is 1. The number of amides is 2. The first-order chi connectivity index (χ1) is 15.9. The molecule has 3 N–H and O–H groups in total. The first-order valence-electron chi connectivity index (χ1n) is 11.3. The fourth-order valence-electron chi connectivity index (χ4n) is 4.86. The molecule has 2 aliphatic rings. The van der Waals surface area contributed by atoms with E-state index in [0.29, 0.717) is 25.9 Å². The van der Waals surface area contributed by atoms with Crippen molar-refractivity contribution < 1.29 is 19.5 Å². The molecule has 0 aromatic heterocycles. The fourth-order valence-corrected chi connectivity index (χ4v) is 4.86. The quantitative estimate of drug-likeness (QED) is 0.598. The van der Waals surface area contributed by atoms with Crippen molar-refractivity contribution >= 4 is 23.5 Å². The molecule has 2 aromatic rings. The number of likely N-dealkylation sites (N-methyl/N-ethyl adjacent to an activating group) is 1. The number of fused-ring (bicyclic) bond motifs is 1. The van der Waals surface area contributed by atoms with Crippen LogP contribution in [0.4, 0.5) is 5.69 Å². The van der Waals surface area contributed by atoms with E-state index < -0.39 is 5.97 Å². The highest BCUT2D eigenvalue weighted by Crippen LogP contribution is 2.28. The third kappa shape index (κ3) is 5.40. The molecule has 0 saturated carbocycles. The minimum absolute atomic E-state index is 0.0164. The van der Waals surface area contributed by atoms with Gasteiger partial charge in [0.05, 0.1) is 5.56 Å². The lowest BCUT2D eigenvalue weighted by Gasteiger charge is -2.33. The average Bonchev–Trinajstić information content (AvgIpc) is 3.18. The Morgan fingerprint density at radius 3 is 2.55 bits per heavy atom. The summed E-state index contributed by atoms with van der Waals surface area (Å²) in [7, 11) is 2.04. The van der Waals surface area contributed by atoms with E-state index in [4.69, 9.17) is 5.11 Å². The van der Waals surface area contributed by atoms with Gasteiger partial charge in [-0.2, -0.15) is 0 Å². The molecule has 2 saturated heterocycles. The molecule has 0 unspecified atom stereocenters. The molecule has 2 fully saturated rings. The van der Waals surface area contributed by atoms with Crippen molar-refractivity contribution in [2.24, 2.45) is 0 Å². The highest BCUT2D eigenvalue weighted by Gasteiger charge is 2.44. The van der Waals surface area contributed by atoms with E-state index in [9.17, 15) is 14.4 Å². The van der Waals surface area contributed by atoms with Crippen molar-refractivity contribution in [2.75, 3.05) is 25.5 Å². The molecule has 8 heteroatoms. The molecule has 2 aromatic carbocycles. The Balaban J connectivity index is 1.36. The van der Waals surface area contributed by atoms with E-state index in [2.05, 4.69) is 20.4 Å². The molecule has 0 radical (unpaired) electrons. The standard InChI is InChI=1S/C25H30N4O4/c1-28-20(11-12-22(30)27-19-5-3-2-4-6-19)15-26-24(31)23-21(28)13-14-29(23)16-17-7-9-18(10-8-17)25(32)33/h2-10,20-21,23H,11-16H2,1H3,(H,26,31)(H,27,30)(H,32,33)/t20-,21-,23-/m0/s1. The van der Waals surface area contributed by atoms with Crippen LogP contribution in [0.5, 0.6) is 0 Å². The van der Waals surface area contributed by atoms with Gasteiger partial charge in [0, 0.05) is 43.8 Å². The van der Waals surface area contributed by atoms with Crippen LogP contribution >= 0.6 is 0 Å². The number of rotatable bonds is 7. The van der Waals surface area contributed by atoms with Crippen LogP contribution in [0.15, 0.2) is 54.6 Å². The fraction of sp³-hybridized carbons (Fsp3) is 0.400. The zero-order valence-corrected chi connectivity index (χ0v) is 18.7. The third-order valence-corrected chi connectivity index (χ3v) is 6.70. The second-order valence-corrected chi connectivity index (χ2v) is 8.79. The molecule has 0 spiro atoms. The van der Waals surface area contributed by atoms with Crippen molar-refractivity contribution in [1.82, 2.24) is 15.1 Å². The maximum Gasteiger partial charge on any atom is 0.335 e. The second kappa shape index (κ2) is 10.1. The Morgan fingerprint density at radius 1 is 1.12 bits per heavy atom. The minimum Gasteiger partial charge on any atom is -0.478 e. The van der Waals surface area contributed by atoms with Crippen molar-refractivity contribution in [2.45, 2.75) is 43.9 Å². The number of hydrogen-bond donors (Lipinski definition) is 3. The van der Waals surface area contributed by atoms with E-state index in [1.165, 1.54) is 0 Å². The van der Waals surface area contributed by atoms with Gasteiger partial charge in [-0.05, 0) is 49.7 Å². The van der Waals surface area contributed by atoms with Crippen LogP contribution < -0.4 is 10.6 Å². The van der Waals surface area contributed by atoms with Crippen LogP contribution in [0.25, 0.3) is 0 Å². The van der Waals surface area contributed by atoms with Gasteiger partial charge in [0.25, 0.3) is 0 Å².